The summed E-state index contributed by atoms with van der Waals surface area (Å²) in [6.45, 7) is 2.37. The minimum Gasteiger partial charge on any atom is -0.463 e. The van der Waals surface area contributed by atoms with Crippen LogP contribution in [0.15, 0.2) is 12.2 Å². The Morgan fingerprint density at radius 3 is 1.44 bits per heavy atom. The van der Waals surface area contributed by atoms with Gasteiger partial charge in [-0.25, -0.2) is 4.79 Å². The molecule has 0 saturated heterocycles. The van der Waals surface area contributed by atoms with Gasteiger partial charge < -0.3 is 4.74 Å². The standard InChI is InChI=1S/C21H39Cl3O2Si/c1-2-18-21(25)26-19-16-14-12-10-8-6-4-3-5-7-9-11-13-15-17-20-27(22,23)24/h2,18H,3-17,19-20H2,1H3. The molecular formula is C21H39Cl3O2Si. The van der Waals surface area contributed by atoms with Crippen LogP contribution in [0.2, 0.25) is 6.04 Å². The molecule has 0 aliphatic carbocycles. The predicted octanol–water partition coefficient (Wildman–Crippen LogP) is 8.61. The number of allylic oxidation sites excluding steroid dienone is 1. The highest BCUT2D eigenvalue weighted by Crippen LogP contribution is 2.27. The van der Waals surface area contributed by atoms with E-state index in [0.29, 0.717) is 6.61 Å². The zero-order valence-electron chi connectivity index (χ0n) is 17.1. The third-order valence-electron chi connectivity index (χ3n) is 4.65. The number of hydrogen-bond donors (Lipinski definition) is 0. The third-order valence-corrected chi connectivity index (χ3v) is 7.27. The minimum absolute atomic E-state index is 0.223. The van der Waals surface area contributed by atoms with Gasteiger partial charge in [-0.1, -0.05) is 96.0 Å². The fourth-order valence-electron chi connectivity index (χ4n) is 3.08. The fourth-order valence-corrected chi connectivity index (χ4v) is 4.94. The molecule has 6 heteroatoms. The van der Waals surface area contributed by atoms with Crippen molar-refractivity contribution in [2.45, 2.75) is 109 Å². The average Bonchev–Trinajstić information content (AvgIpc) is 2.60. The van der Waals surface area contributed by atoms with Crippen LogP contribution < -0.4 is 0 Å². The van der Waals surface area contributed by atoms with Gasteiger partial charge in [-0.05, 0) is 19.4 Å². The van der Waals surface area contributed by atoms with Crippen LogP contribution in [0.5, 0.6) is 0 Å². The van der Waals surface area contributed by atoms with E-state index in [1.165, 1.54) is 83.1 Å². The van der Waals surface area contributed by atoms with E-state index in [1.54, 1.807) is 6.08 Å². The van der Waals surface area contributed by atoms with E-state index in [0.717, 1.165) is 25.3 Å². The van der Waals surface area contributed by atoms with E-state index in [1.807, 2.05) is 6.92 Å². The molecule has 27 heavy (non-hydrogen) atoms. The number of carbonyl (C=O) groups excluding carboxylic acids is 1. The molecule has 0 amide bonds. The molecule has 2 nitrogen and oxygen atoms in total. The molecule has 0 spiro atoms. The van der Waals surface area contributed by atoms with Gasteiger partial charge in [0, 0.05) is 6.08 Å². The summed E-state index contributed by atoms with van der Waals surface area (Å²) in [6, 6.07) is -1.57. The first-order valence-corrected chi connectivity index (χ1v) is 16.1. The van der Waals surface area contributed by atoms with Crippen molar-refractivity contribution in [2.75, 3.05) is 6.61 Å². The largest absolute Gasteiger partial charge is 0.463 e. The first-order chi connectivity index (χ1) is 13.0. The van der Waals surface area contributed by atoms with Crippen molar-refractivity contribution in [3.63, 3.8) is 0 Å². The first-order valence-electron chi connectivity index (χ1n) is 10.8. The lowest BCUT2D eigenvalue weighted by Gasteiger charge is -2.07. The fraction of sp³-hybridized carbons (Fsp3) is 0.857. The molecule has 0 aliphatic rings. The van der Waals surface area contributed by atoms with E-state index in [4.69, 9.17) is 38.0 Å². The van der Waals surface area contributed by atoms with Crippen molar-refractivity contribution in [3.05, 3.63) is 12.2 Å². The summed E-state index contributed by atoms with van der Waals surface area (Å²) in [4.78, 5) is 11.1. The summed E-state index contributed by atoms with van der Waals surface area (Å²) in [6.07, 6.45) is 22.3. The maximum absolute atomic E-state index is 11.1. The number of carbonyl (C=O) groups is 1. The van der Waals surface area contributed by atoms with Crippen molar-refractivity contribution < 1.29 is 9.53 Å². The molecule has 0 fully saturated rings. The average molecular weight is 458 g/mol. The van der Waals surface area contributed by atoms with Gasteiger partial charge in [0.2, 0.25) is 0 Å². The molecular weight excluding hydrogens is 419 g/mol. The number of rotatable bonds is 19. The Balaban J connectivity index is 3.10. The SMILES string of the molecule is CC=CC(=O)OCCCCCCCCCCCCCCCCC[Si](Cl)(Cl)Cl. The van der Waals surface area contributed by atoms with Gasteiger partial charge in [0.05, 0.1) is 6.61 Å². The molecule has 0 saturated carbocycles. The molecule has 0 aromatic heterocycles. The van der Waals surface area contributed by atoms with Crippen molar-refractivity contribution in [1.29, 1.82) is 0 Å². The zero-order valence-corrected chi connectivity index (χ0v) is 20.4. The van der Waals surface area contributed by atoms with Crippen LogP contribution in [0.25, 0.3) is 0 Å². The lowest BCUT2D eigenvalue weighted by atomic mass is 10.0. The minimum atomic E-state index is -2.38. The highest BCUT2D eigenvalue weighted by atomic mass is 35.8. The molecule has 0 rings (SSSR count). The first kappa shape index (κ1) is 27.3. The van der Waals surface area contributed by atoms with Gasteiger partial charge in [-0.2, -0.15) is 0 Å². The Morgan fingerprint density at radius 1 is 0.704 bits per heavy atom. The second-order valence-corrected chi connectivity index (χ2v) is 16.6. The van der Waals surface area contributed by atoms with Crippen molar-refractivity contribution >= 4 is 45.2 Å². The lowest BCUT2D eigenvalue weighted by molar-refractivity contribution is -0.137. The van der Waals surface area contributed by atoms with Crippen LogP contribution in [0.4, 0.5) is 0 Å². The highest BCUT2D eigenvalue weighted by Gasteiger charge is 2.23. The molecule has 0 unspecified atom stereocenters. The molecule has 0 aromatic carbocycles. The Hall–Kier alpha value is 0.297. The normalized spacial score (nSPS) is 12.0. The summed E-state index contributed by atoms with van der Waals surface area (Å²) in [7, 11) is 0. The van der Waals surface area contributed by atoms with Gasteiger partial charge in [0.25, 0.3) is 0 Å². The topological polar surface area (TPSA) is 26.3 Å². The molecule has 160 valence electrons. The zero-order chi connectivity index (χ0) is 20.2. The summed E-state index contributed by atoms with van der Waals surface area (Å²) < 4.78 is 5.07. The quantitative estimate of drug-likeness (QED) is 0.0637. The van der Waals surface area contributed by atoms with Gasteiger partial charge in [0.1, 0.15) is 0 Å². The van der Waals surface area contributed by atoms with Gasteiger partial charge in [-0.15, -0.1) is 33.2 Å². The van der Waals surface area contributed by atoms with E-state index < -0.39 is 6.00 Å². The van der Waals surface area contributed by atoms with E-state index >= 15 is 0 Å². The number of hydrogen-bond acceptors (Lipinski definition) is 2. The second-order valence-electron chi connectivity index (χ2n) is 7.34. The third kappa shape index (κ3) is 24.3. The van der Waals surface area contributed by atoms with Crippen molar-refractivity contribution in [3.8, 4) is 0 Å². The molecule has 0 radical (unpaired) electrons. The van der Waals surface area contributed by atoms with Crippen LogP contribution >= 0.6 is 33.2 Å². The number of unbranched alkanes of at least 4 members (excludes halogenated alkanes) is 14. The smallest absolute Gasteiger partial charge is 0.341 e. The van der Waals surface area contributed by atoms with Crippen molar-refractivity contribution in [1.82, 2.24) is 0 Å². The second kappa shape index (κ2) is 19.6. The summed E-state index contributed by atoms with van der Waals surface area (Å²) >= 11 is 17.6. The Labute approximate surface area is 182 Å². The van der Waals surface area contributed by atoms with Gasteiger partial charge in [-0.3, -0.25) is 0 Å². The summed E-state index contributed by atoms with van der Waals surface area (Å²) in [5.74, 6) is -0.223. The Bertz CT molecular complexity index is 371. The van der Waals surface area contributed by atoms with Gasteiger partial charge in [0.15, 0.2) is 0 Å². The molecule has 0 aliphatic heterocycles. The van der Waals surface area contributed by atoms with Gasteiger partial charge >= 0.3 is 12.0 Å². The predicted molar refractivity (Wildman–Crippen MR) is 123 cm³/mol. The maximum atomic E-state index is 11.1. The lowest BCUT2D eigenvalue weighted by Crippen LogP contribution is -2.07. The van der Waals surface area contributed by atoms with E-state index in [9.17, 15) is 4.79 Å². The molecule has 0 aromatic rings. The monoisotopic (exact) mass is 456 g/mol. The number of esters is 1. The summed E-state index contributed by atoms with van der Waals surface area (Å²) in [5.41, 5.74) is 0. The molecule has 0 bridgehead atoms. The van der Waals surface area contributed by atoms with E-state index in [-0.39, 0.29) is 5.97 Å². The highest BCUT2D eigenvalue weighted by molar-refractivity contribution is 7.64. The van der Waals surface area contributed by atoms with Crippen LogP contribution in [0, 0.1) is 0 Å². The van der Waals surface area contributed by atoms with Crippen LogP contribution in [0.1, 0.15) is 103 Å². The van der Waals surface area contributed by atoms with Crippen molar-refractivity contribution in [2.24, 2.45) is 0 Å². The number of halogens is 3. The Morgan fingerprint density at radius 2 is 1.07 bits per heavy atom. The van der Waals surface area contributed by atoms with Crippen LogP contribution in [-0.2, 0) is 9.53 Å². The van der Waals surface area contributed by atoms with Crippen LogP contribution in [-0.4, -0.2) is 18.6 Å². The number of ether oxygens (including phenoxy) is 1. The maximum Gasteiger partial charge on any atom is 0.341 e. The van der Waals surface area contributed by atoms with E-state index in [2.05, 4.69) is 0 Å². The summed E-state index contributed by atoms with van der Waals surface area (Å²) in [5, 5.41) is 0. The van der Waals surface area contributed by atoms with Crippen LogP contribution in [0.3, 0.4) is 0 Å². The Kier molecular flexibility index (Phi) is 19.8. The molecule has 0 N–H and O–H groups in total. The molecule has 0 atom stereocenters. The molecule has 0 heterocycles.